The van der Waals surface area contributed by atoms with E-state index < -0.39 is 0 Å². The van der Waals surface area contributed by atoms with Crippen molar-refractivity contribution >= 4 is 29.9 Å². The Balaban J connectivity index is 0.00000225. The summed E-state index contributed by atoms with van der Waals surface area (Å²) in [4.78, 5) is 26.5. The van der Waals surface area contributed by atoms with E-state index in [1.807, 2.05) is 4.90 Å². The van der Waals surface area contributed by atoms with Gasteiger partial charge in [0.25, 0.3) is 0 Å². The second-order valence-electron chi connectivity index (χ2n) is 6.65. The Kier molecular flexibility index (Phi) is 7.20. The first-order valence-corrected chi connectivity index (χ1v) is 8.69. The zero-order valence-electron chi connectivity index (χ0n) is 14.2. The first-order valence-electron chi connectivity index (χ1n) is 8.69. The number of hydrogen-bond acceptors (Lipinski definition) is 3. The van der Waals surface area contributed by atoms with Gasteiger partial charge in [-0.25, -0.2) is 4.39 Å². The van der Waals surface area contributed by atoms with Crippen molar-refractivity contribution in [2.75, 3.05) is 25.0 Å². The van der Waals surface area contributed by atoms with Crippen molar-refractivity contribution in [1.82, 2.24) is 10.2 Å². The average Bonchev–Trinajstić information content (AvgIpc) is 3.10. The van der Waals surface area contributed by atoms with Crippen LogP contribution < -0.4 is 10.6 Å². The molecule has 0 aromatic heterocycles. The minimum atomic E-state index is -0.323. The maximum Gasteiger partial charge on any atom is 0.227 e. The lowest BCUT2D eigenvalue weighted by molar-refractivity contribution is -0.134. The Morgan fingerprint density at radius 1 is 1.16 bits per heavy atom. The molecule has 2 heterocycles. The second-order valence-corrected chi connectivity index (χ2v) is 6.65. The topological polar surface area (TPSA) is 61.4 Å². The van der Waals surface area contributed by atoms with E-state index in [1.165, 1.54) is 12.1 Å². The highest BCUT2D eigenvalue weighted by Crippen LogP contribution is 2.21. The van der Waals surface area contributed by atoms with E-state index in [-0.39, 0.29) is 36.0 Å². The smallest absolute Gasteiger partial charge is 0.227 e. The number of halogens is 2. The summed E-state index contributed by atoms with van der Waals surface area (Å²) in [5.74, 6) is -0.279. The number of benzene rings is 1. The predicted octanol–water partition coefficient (Wildman–Crippen LogP) is 2.57. The third-order valence-corrected chi connectivity index (χ3v) is 4.91. The van der Waals surface area contributed by atoms with Crippen molar-refractivity contribution < 1.29 is 14.0 Å². The molecule has 2 aliphatic heterocycles. The van der Waals surface area contributed by atoms with Gasteiger partial charge in [0.1, 0.15) is 5.82 Å². The van der Waals surface area contributed by atoms with Crippen LogP contribution in [0.5, 0.6) is 0 Å². The van der Waals surface area contributed by atoms with Gasteiger partial charge in [-0.3, -0.25) is 9.59 Å². The van der Waals surface area contributed by atoms with Crippen molar-refractivity contribution in [3.05, 3.63) is 30.1 Å². The van der Waals surface area contributed by atoms with Crippen LogP contribution in [0.1, 0.15) is 32.1 Å². The molecular formula is C18H25ClFN3O2. The minimum Gasteiger partial charge on any atom is -0.343 e. The number of nitrogens with one attached hydrogen (secondary N) is 2. The van der Waals surface area contributed by atoms with Gasteiger partial charge in [0.15, 0.2) is 0 Å². The summed E-state index contributed by atoms with van der Waals surface area (Å²) in [5.41, 5.74) is 0.604. The monoisotopic (exact) mass is 369 g/mol. The zero-order valence-corrected chi connectivity index (χ0v) is 15.0. The summed E-state index contributed by atoms with van der Waals surface area (Å²) < 4.78 is 12.9. The van der Waals surface area contributed by atoms with Gasteiger partial charge in [-0.1, -0.05) is 0 Å². The van der Waals surface area contributed by atoms with E-state index in [0.29, 0.717) is 44.1 Å². The lowest BCUT2D eigenvalue weighted by Crippen LogP contribution is -2.43. The molecule has 1 atom stereocenters. The van der Waals surface area contributed by atoms with E-state index >= 15 is 0 Å². The Morgan fingerprint density at radius 2 is 1.84 bits per heavy atom. The molecule has 3 rings (SSSR count). The molecular weight excluding hydrogens is 345 g/mol. The Morgan fingerprint density at radius 3 is 2.44 bits per heavy atom. The number of piperidine rings is 1. The summed E-state index contributed by atoms with van der Waals surface area (Å²) in [5, 5.41) is 6.17. The zero-order chi connectivity index (χ0) is 16.9. The van der Waals surface area contributed by atoms with Crippen LogP contribution >= 0.6 is 12.4 Å². The quantitative estimate of drug-likeness (QED) is 0.857. The molecule has 1 aromatic carbocycles. The molecule has 1 unspecified atom stereocenters. The van der Waals surface area contributed by atoms with Crippen LogP contribution in [0.15, 0.2) is 24.3 Å². The number of anilines is 1. The van der Waals surface area contributed by atoms with E-state index in [9.17, 15) is 14.0 Å². The number of rotatable bonds is 4. The van der Waals surface area contributed by atoms with Gasteiger partial charge in [-0.15, -0.1) is 12.4 Å². The maximum absolute atomic E-state index is 12.9. The fourth-order valence-corrected chi connectivity index (χ4v) is 3.44. The van der Waals surface area contributed by atoms with Gasteiger partial charge in [0.2, 0.25) is 11.8 Å². The van der Waals surface area contributed by atoms with E-state index in [2.05, 4.69) is 10.6 Å². The number of carbonyl (C=O) groups excluding carboxylic acids is 2. The summed E-state index contributed by atoms with van der Waals surface area (Å²) in [6, 6.07) is 6.08. The van der Waals surface area contributed by atoms with Crippen LogP contribution in [-0.2, 0) is 9.59 Å². The molecule has 2 N–H and O–H groups in total. The molecule has 0 spiro atoms. The molecule has 2 fully saturated rings. The largest absolute Gasteiger partial charge is 0.343 e. The van der Waals surface area contributed by atoms with Gasteiger partial charge >= 0.3 is 0 Å². The molecule has 5 nitrogen and oxygen atoms in total. The molecule has 0 aliphatic carbocycles. The maximum atomic E-state index is 12.9. The summed E-state index contributed by atoms with van der Waals surface area (Å²) in [6.45, 7) is 2.27. The minimum absolute atomic E-state index is 0. The molecule has 138 valence electrons. The van der Waals surface area contributed by atoms with Crippen LogP contribution in [0, 0.1) is 11.7 Å². The molecule has 2 aliphatic rings. The summed E-state index contributed by atoms with van der Waals surface area (Å²) in [7, 11) is 0. The highest BCUT2D eigenvalue weighted by molar-refractivity contribution is 5.92. The lowest BCUT2D eigenvalue weighted by atomic mass is 9.95. The third kappa shape index (κ3) is 5.41. The van der Waals surface area contributed by atoms with E-state index in [4.69, 9.17) is 0 Å². The normalized spacial score (nSPS) is 20.8. The molecule has 0 bridgehead atoms. The summed E-state index contributed by atoms with van der Waals surface area (Å²) in [6.07, 6.45) is 4.13. The van der Waals surface area contributed by atoms with Gasteiger partial charge in [0, 0.05) is 37.2 Å². The SMILES string of the molecule is Cl.O=C(Nc1ccc(F)cc1)C1CCN(C(=O)CC2CCCN2)CC1. The first kappa shape index (κ1) is 19.7. The standard InChI is InChI=1S/C18H24FN3O2.ClH/c19-14-3-5-15(6-4-14)21-18(24)13-7-10-22(11-8-13)17(23)12-16-2-1-9-20-16;/h3-6,13,16,20H,1-2,7-12H2,(H,21,24);1H. The van der Waals surface area contributed by atoms with E-state index in [0.717, 1.165) is 19.4 Å². The van der Waals surface area contributed by atoms with Crippen molar-refractivity contribution in [1.29, 1.82) is 0 Å². The van der Waals surface area contributed by atoms with Crippen LogP contribution in [0.4, 0.5) is 10.1 Å². The van der Waals surface area contributed by atoms with Crippen LogP contribution in [0.3, 0.4) is 0 Å². The van der Waals surface area contributed by atoms with Gasteiger partial charge < -0.3 is 15.5 Å². The first-order chi connectivity index (χ1) is 11.6. The highest BCUT2D eigenvalue weighted by atomic mass is 35.5. The lowest BCUT2D eigenvalue weighted by Gasteiger charge is -2.32. The number of amides is 2. The number of carbonyl (C=O) groups is 2. The summed E-state index contributed by atoms with van der Waals surface area (Å²) >= 11 is 0. The second kappa shape index (κ2) is 9.15. The molecule has 7 heteroatoms. The van der Waals surface area contributed by atoms with Crippen molar-refractivity contribution in [3.8, 4) is 0 Å². The highest BCUT2D eigenvalue weighted by Gasteiger charge is 2.28. The molecule has 0 saturated carbocycles. The number of nitrogens with zero attached hydrogens (tertiary/aromatic N) is 1. The Labute approximate surface area is 153 Å². The van der Waals surface area contributed by atoms with Gasteiger partial charge in [-0.2, -0.15) is 0 Å². The molecule has 2 saturated heterocycles. The average molecular weight is 370 g/mol. The molecule has 1 aromatic rings. The molecule has 0 radical (unpaired) electrons. The Bertz CT molecular complexity index is 582. The number of hydrogen-bond donors (Lipinski definition) is 2. The fraction of sp³-hybridized carbons (Fsp3) is 0.556. The van der Waals surface area contributed by atoms with Crippen LogP contribution in [0.2, 0.25) is 0 Å². The van der Waals surface area contributed by atoms with Crippen molar-refractivity contribution in [2.45, 2.75) is 38.1 Å². The van der Waals surface area contributed by atoms with Gasteiger partial charge in [0.05, 0.1) is 0 Å². The van der Waals surface area contributed by atoms with Gasteiger partial charge in [-0.05, 0) is 56.5 Å². The number of likely N-dealkylation sites (tertiary alicyclic amines) is 1. The Hall–Kier alpha value is -1.66. The molecule has 2 amide bonds. The molecule has 25 heavy (non-hydrogen) atoms. The third-order valence-electron chi connectivity index (χ3n) is 4.91. The fourth-order valence-electron chi connectivity index (χ4n) is 3.44. The van der Waals surface area contributed by atoms with Crippen LogP contribution in [0.25, 0.3) is 0 Å². The van der Waals surface area contributed by atoms with Crippen molar-refractivity contribution in [3.63, 3.8) is 0 Å². The van der Waals surface area contributed by atoms with Crippen LogP contribution in [-0.4, -0.2) is 42.4 Å². The van der Waals surface area contributed by atoms with Crippen molar-refractivity contribution in [2.24, 2.45) is 5.92 Å². The van der Waals surface area contributed by atoms with E-state index in [1.54, 1.807) is 12.1 Å². The predicted molar refractivity (Wildman–Crippen MR) is 97.2 cm³/mol.